The third-order valence-electron chi connectivity index (χ3n) is 2.48. The quantitative estimate of drug-likeness (QED) is 0.838. The summed E-state index contributed by atoms with van der Waals surface area (Å²) in [6.45, 7) is 6.03. The second-order valence-corrected chi connectivity index (χ2v) is 4.05. The van der Waals surface area contributed by atoms with Gasteiger partial charge in [0.1, 0.15) is 11.8 Å². The minimum Gasteiger partial charge on any atom is -0.348 e. The maximum atomic E-state index is 11.7. The van der Waals surface area contributed by atoms with Gasteiger partial charge in [-0.25, -0.2) is 4.98 Å². The van der Waals surface area contributed by atoms with Gasteiger partial charge in [-0.3, -0.25) is 4.79 Å². The fourth-order valence-electron chi connectivity index (χ4n) is 1.04. The summed E-state index contributed by atoms with van der Waals surface area (Å²) >= 11 is 0. The van der Waals surface area contributed by atoms with E-state index in [4.69, 9.17) is 5.26 Å². The topological polar surface area (TPSA) is 65.8 Å². The molecule has 4 heteroatoms. The van der Waals surface area contributed by atoms with E-state index in [1.165, 1.54) is 6.20 Å². The number of carbonyl (C=O) groups excluding carboxylic acids is 1. The lowest BCUT2D eigenvalue weighted by molar-refractivity contribution is 0.0925. The number of nitriles is 1. The van der Waals surface area contributed by atoms with Gasteiger partial charge in [0.15, 0.2) is 0 Å². The number of pyridine rings is 1. The fourth-order valence-corrected chi connectivity index (χ4v) is 1.04. The van der Waals surface area contributed by atoms with Crippen molar-refractivity contribution in [2.75, 3.05) is 0 Å². The van der Waals surface area contributed by atoms with Crippen molar-refractivity contribution >= 4 is 5.91 Å². The van der Waals surface area contributed by atoms with E-state index in [2.05, 4.69) is 10.3 Å². The monoisotopic (exact) mass is 217 g/mol. The average Bonchev–Trinajstić information content (AvgIpc) is 2.28. The van der Waals surface area contributed by atoms with E-state index in [0.717, 1.165) is 0 Å². The van der Waals surface area contributed by atoms with Gasteiger partial charge < -0.3 is 5.32 Å². The van der Waals surface area contributed by atoms with Crippen molar-refractivity contribution in [2.45, 2.75) is 26.8 Å². The van der Waals surface area contributed by atoms with Crippen LogP contribution in [0.4, 0.5) is 0 Å². The standard InChI is InChI=1S/C12H15N3O/c1-8(2)9(3)15-12(16)11-5-4-10(6-13)7-14-11/h4-5,7-9H,1-3H3,(H,15,16). The fraction of sp³-hybridized carbons (Fsp3) is 0.417. The van der Waals surface area contributed by atoms with Crippen molar-refractivity contribution in [2.24, 2.45) is 5.92 Å². The molecule has 1 rings (SSSR count). The molecule has 0 aliphatic carbocycles. The SMILES string of the molecule is CC(C)C(C)NC(=O)c1ccc(C#N)cn1. The first-order valence-corrected chi connectivity index (χ1v) is 5.21. The van der Waals surface area contributed by atoms with Gasteiger partial charge in [-0.2, -0.15) is 5.26 Å². The summed E-state index contributed by atoms with van der Waals surface area (Å²) < 4.78 is 0. The molecule has 0 aromatic carbocycles. The van der Waals surface area contributed by atoms with Crippen molar-refractivity contribution in [1.82, 2.24) is 10.3 Å². The molecule has 1 heterocycles. The third kappa shape index (κ3) is 3.06. The van der Waals surface area contributed by atoms with Crippen LogP contribution >= 0.6 is 0 Å². The van der Waals surface area contributed by atoms with Crippen LogP contribution in [0.2, 0.25) is 0 Å². The molecule has 0 radical (unpaired) electrons. The Labute approximate surface area is 95.3 Å². The number of hydrogen-bond acceptors (Lipinski definition) is 3. The first kappa shape index (κ1) is 12.2. The molecule has 1 amide bonds. The Morgan fingerprint density at radius 3 is 2.56 bits per heavy atom. The second-order valence-electron chi connectivity index (χ2n) is 4.05. The van der Waals surface area contributed by atoms with Gasteiger partial charge >= 0.3 is 0 Å². The van der Waals surface area contributed by atoms with Gasteiger partial charge in [0.25, 0.3) is 5.91 Å². The molecule has 0 fully saturated rings. The maximum Gasteiger partial charge on any atom is 0.270 e. The van der Waals surface area contributed by atoms with Gasteiger partial charge in [-0.1, -0.05) is 13.8 Å². The second kappa shape index (κ2) is 5.26. The minimum absolute atomic E-state index is 0.102. The lowest BCUT2D eigenvalue weighted by atomic mass is 10.1. The Morgan fingerprint density at radius 1 is 1.44 bits per heavy atom. The molecule has 0 aliphatic heterocycles. The van der Waals surface area contributed by atoms with Gasteiger partial charge in [0.05, 0.1) is 5.56 Å². The highest BCUT2D eigenvalue weighted by molar-refractivity contribution is 5.92. The van der Waals surface area contributed by atoms with Gasteiger partial charge in [0.2, 0.25) is 0 Å². The van der Waals surface area contributed by atoms with Crippen LogP contribution in [0, 0.1) is 17.2 Å². The first-order valence-electron chi connectivity index (χ1n) is 5.21. The predicted molar refractivity (Wildman–Crippen MR) is 60.7 cm³/mol. The molecule has 0 spiro atoms. The zero-order valence-electron chi connectivity index (χ0n) is 9.69. The molecule has 1 aromatic heterocycles. The van der Waals surface area contributed by atoms with Crippen LogP contribution in [-0.2, 0) is 0 Å². The summed E-state index contributed by atoms with van der Waals surface area (Å²) in [6, 6.07) is 5.20. The van der Waals surface area contributed by atoms with Crippen LogP contribution in [0.25, 0.3) is 0 Å². The molecule has 4 nitrogen and oxygen atoms in total. The summed E-state index contributed by atoms with van der Waals surface area (Å²) in [6.07, 6.45) is 1.40. The molecule has 16 heavy (non-hydrogen) atoms. The normalized spacial score (nSPS) is 11.9. The molecule has 1 atom stereocenters. The van der Waals surface area contributed by atoms with E-state index in [1.807, 2.05) is 26.8 Å². The van der Waals surface area contributed by atoms with Crippen molar-refractivity contribution in [3.8, 4) is 6.07 Å². The number of carbonyl (C=O) groups is 1. The summed E-state index contributed by atoms with van der Waals surface area (Å²) in [5.41, 5.74) is 0.792. The predicted octanol–water partition coefficient (Wildman–Crippen LogP) is 1.73. The van der Waals surface area contributed by atoms with Crippen molar-refractivity contribution in [3.05, 3.63) is 29.6 Å². The van der Waals surface area contributed by atoms with E-state index in [-0.39, 0.29) is 11.9 Å². The molecule has 84 valence electrons. The Hall–Kier alpha value is -1.89. The lowest BCUT2D eigenvalue weighted by Gasteiger charge is -2.16. The van der Waals surface area contributed by atoms with Crippen LogP contribution in [0.15, 0.2) is 18.3 Å². The Balaban J connectivity index is 2.70. The zero-order chi connectivity index (χ0) is 12.1. The van der Waals surface area contributed by atoms with E-state index >= 15 is 0 Å². The highest BCUT2D eigenvalue weighted by atomic mass is 16.1. The molecular weight excluding hydrogens is 202 g/mol. The van der Waals surface area contributed by atoms with Crippen molar-refractivity contribution in [3.63, 3.8) is 0 Å². The number of hydrogen-bond donors (Lipinski definition) is 1. The van der Waals surface area contributed by atoms with Crippen LogP contribution < -0.4 is 5.32 Å². The summed E-state index contributed by atoms with van der Waals surface area (Å²) in [5, 5.41) is 11.4. The van der Waals surface area contributed by atoms with Crippen LogP contribution in [-0.4, -0.2) is 16.9 Å². The van der Waals surface area contributed by atoms with E-state index in [0.29, 0.717) is 17.2 Å². The molecule has 1 unspecified atom stereocenters. The van der Waals surface area contributed by atoms with E-state index in [1.54, 1.807) is 12.1 Å². The summed E-state index contributed by atoms with van der Waals surface area (Å²) in [7, 11) is 0. The number of aromatic nitrogens is 1. The molecular formula is C12H15N3O. The molecule has 0 saturated carbocycles. The maximum absolute atomic E-state index is 11.7. The third-order valence-corrected chi connectivity index (χ3v) is 2.48. The number of amides is 1. The minimum atomic E-state index is -0.203. The number of nitrogens with one attached hydrogen (secondary N) is 1. The smallest absolute Gasteiger partial charge is 0.270 e. The highest BCUT2D eigenvalue weighted by Crippen LogP contribution is 2.03. The van der Waals surface area contributed by atoms with Crippen LogP contribution in [0.5, 0.6) is 0 Å². The van der Waals surface area contributed by atoms with E-state index < -0.39 is 0 Å². The Bertz CT molecular complexity index is 403. The molecule has 1 aromatic rings. The summed E-state index contributed by atoms with van der Waals surface area (Å²) in [5.74, 6) is 0.174. The molecule has 0 aliphatic rings. The molecule has 0 saturated heterocycles. The van der Waals surface area contributed by atoms with Crippen LogP contribution in [0.3, 0.4) is 0 Å². The first-order chi connectivity index (χ1) is 7.54. The number of nitrogens with zero attached hydrogens (tertiary/aromatic N) is 2. The Morgan fingerprint density at radius 2 is 2.12 bits per heavy atom. The van der Waals surface area contributed by atoms with E-state index in [9.17, 15) is 4.79 Å². The molecule has 0 bridgehead atoms. The average molecular weight is 217 g/mol. The molecule has 1 N–H and O–H groups in total. The zero-order valence-corrected chi connectivity index (χ0v) is 9.69. The largest absolute Gasteiger partial charge is 0.348 e. The van der Waals surface area contributed by atoms with Crippen LogP contribution in [0.1, 0.15) is 36.8 Å². The van der Waals surface area contributed by atoms with Crippen molar-refractivity contribution in [1.29, 1.82) is 5.26 Å². The summed E-state index contributed by atoms with van der Waals surface area (Å²) in [4.78, 5) is 15.6. The number of rotatable bonds is 3. The lowest BCUT2D eigenvalue weighted by Crippen LogP contribution is -2.36. The van der Waals surface area contributed by atoms with Gasteiger partial charge in [0, 0.05) is 12.2 Å². The Kier molecular flexibility index (Phi) is 4.01. The highest BCUT2D eigenvalue weighted by Gasteiger charge is 2.13. The van der Waals surface area contributed by atoms with Gasteiger partial charge in [-0.15, -0.1) is 0 Å². The van der Waals surface area contributed by atoms with Crippen molar-refractivity contribution < 1.29 is 4.79 Å². The van der Waals surface area contributed by atoms with Gasteiger partial charge in [-0.05, 0) is 25.0 Å².